The average Bonchev–Trinajstić information content (AvgIpc) is 2.62. The van der Waals surface area contributed by atoms with E-state index in [0.717, 1.165) is 44.4 Å². The molecule has 0 bridgehead atoms. The van der Waals surface area contributed by atoms with Crippen molar-refractivity contribution in [3.8, 4) is 5.75 Å². The minimum atomic E-state index is 0.439. The molecule has 0 radical (unpaired) electrons. The van der Waals surface area contributed by atoms with E-state index in [4.69, 9.17) is 28.6 Å². The highest BCUT2D eigenvalue weighted by atomic mass is 79.9. The molecule has 0 unspecified atom stereocenters. The molecule has 0 spiro atoms. The van der Waals surface area contributed by atoms with Gasteiger partial charge in [-0.3, -0.25) is 0 Å². The molecule has 0 amide bonds. The van der Waals surface area contributed by atoms with Crippen molar-refractivity contribution in [2.45, 2.75) is 25.9 Å². The van der Waals surface area contributed by atoms with Crippen LogP contribution in [0.25, 0.3) is 0 Å². The van der Waals surface area contributed by atoms with Gasteiger partial charge in [-0.25, -0.2) is 0 Å². The lowest BCUT2D eigenvalue weighted by Crippen LogP contribution is -2.34. The van der Waals surface area contributed by atoms with Gasteiger partial charge >= 0.3 is 0 Å². The first-order chi connectivity index (χ1) is 11.6. The Morgan fingerprint density at radius 2 is 1.88 bits per heavy atom. The van der Waals surface area contributed by atoms with Gasteiger partial charge in [0.2, 0.25) is 0 Å². The lowest BCUT2D eigenvalue weighted by atomic mass is 10.1. The van der Waals surface area contributed by atoms with Crippen LogP contribution in [0.2, 0.25) is 5.02 Å². The summed E-state index contributed by atoms with van der Waals surface area (Å²) in [6.07, 6.45) is 3.75. The molecule has 0 N–H and O–H groups in total. The Morgan fingerprint density at radius 3 is 2.58 bits per heavy atom. The third kappa shape index (κ3) is 4.29. The number of nitrogens with zero attached hydrogens (tertiary/aromatic N) is 1. The van der Waals surface area contributed by atoms with E-state index in [2.05, 4.69) is 20.8 Å². The fourth-order valence-electron chi connectivity index (χ4n) is 2.80. The van der Waals surface area contributed by atoms with Crippen molar-refractivity contribution in [1.29, 1.82) is 0 Å². The molecule has 2 aromatic rings. The van der Waals surface area contributed by atoms with Crippen molar-refractivity contribution in [2.24, 2.45) is 0 Å². The van der Waals surface area contributed by atoms with Crippen LogP contribution in [-0.4, -0.2) is 23.0 Å². The van der Waals surface area contributed by atoms with Crippen molar-refractivity contribution in [3.63, 3.8) is 0 Å². The Balaban J connectivity index is 1.68. The van der Waals surface area contributed by atoms with Gasteiger partial charge in [0.1, 0.15) is 17.3 Å². The lowest BCUT2D eigenvalue weighted by Gasteiger charge is -2.29. The van der Waals surface area contributed by atoms with Crippen LogP contribution in [0, 0.1) is 0 Å². The number of hydrogen-bond donors (Lipinski definition) is 0. The Hall–Kier alpha value is -1.10. The van der Waals surface area contributed by atoms with Crippen LogP contribution in [0.3, 0.4) is 0 Å². The van der Waals surface area contributed by atoms with Crippen LogP contribution in [0.4, 0.5) is 0 Å². The maximum Gasteiger partial charge on any atom is 0.134 e. The Kier molecular flexibility index (Phi) is 6.14. The highest BCUT2D eigenvalue weighted by Gasteiger charge is 2.16. The van der Waals surface area contributed by atoms with E-state index in [1.54, 1.807) is 0 Å². The maximum absolute atomic E-state index is 6.17. The summed E-state index contributed by atoms with van der Waals surface area (Å²) >= 11 is 15.4. The summed E-state index contributed by atoms with van der Waals surface area (Å²) in [4.78, 5) is 3.22. The van der Waals surface area contributed by atoms with Gasteiger partial charge in [0.05, 0.1) is 4.47 Å². The number of halogens is 2. The van der Waals surface area contributed by atoms with Crippen molar-refractivity contribution in [3.05, 3.63) is 63.1 Å². The summed E-state index contributed by atoms with van der Waals surface area (Å²) in [7, 11) is 0. The van der Waals surface area contributed by atoms with Crippen LogP contribution in [0.5, 0.6) is 5.75 Å². The number of ether oxygens (including phenoxy) is 1. The molecule has 1 saturated heterocycles. The van der Waals surface area contributed by atoms with E-state index >= 15 is 0 Å². The maximum atomic E-state index is 6.17. The van der Waals surface area contributed by atoms with Crippen LogP contribution in [0.1, 0.15) is 30.4 Å². The number of likely N-dealkylation sites (tertiary alicyclic amines) is 1. The number of rotatable bonds is 4. The first-order valence-electron chi connectivity index (χ1n) is 8.10. The van der Waals surface area contributed by atoms with Crippen molar-refractivity contribution in [2.75, 3.05) is 13.1 Å². The molecular weight excluding hydrogens is 406 g/mol. The predicted octanol–water partition coefficient (Wildman–Crippen LogP) is 5.84. The smallest absolute Gasteiger partial charge is 0.134 e. The normalized spacial score (nSPS) is 14.5. The topological polar surface area (TPSA) is 12.5 Å². The Morgan fingerprint density at radius 1 is 1.12 bits per heavy atom. The van der Waals surface area contributed by atoms with E-state index in [1.807, 2.05) is 42.5 Å². The van der Waals surface area contributed by atoms with Crippen LogP contribution in [-0.2, 0) is 6.61 Å². The first kappa shape index (κ1) is 17.7. The summed E-state index contributed by atoms with van der Waals surface area (Å²) in [6.45, 7) is 2.55. The zero-order chi connectivity index (χ0) is 16.9. The monoisotopic (exact) mass is 423 g/mol. The second kappa shape index (κ2) is 8.32. The second-order valence-corrected chi connectivity index (χ2v) is 7.53. The molecular formula is C19H19BrClNOS. The van der Waals surface area contributed by atoms with E-state index < -0.39 is 0 Å². The summed E-state index contributed by atoms with van der Waals surface area (Å²) in [5.74, 6) is 0.792. The van der Waals surface area contributed by atoms with Gasteiger partial charge < -0.3 is 9.64 Å². The number of thiocarbonyl (C=S) groups is 1. The highest BCUT2D eigenvalue weighted by molar-refractivity contribution is 9.10. The molecule has 0 saturated carbocycles. The second-order valence-electron chi connectivity index (χ2n) is 5.88. The van der Waals surface area contributed by atoms with Gasteiger partial charge in [-0.2, -0.15) is 0 Å². The quantitative estimate of drug-likeness (QED) is 0.572. The first-order valence-corrected chi connectivity index (χ1v) is 9.68. The van der Waals surface area contributed by atoms with Crippen LogP contribution < -0.4 is 4.74 Å². The molecule has 3 rings (SSSR count). The van der Waals surface area contributed by atoms with Gasteiger partial charge in [0, 0.05) is 29.2 Å². The molecule has 2 nitrogen and oxygen atoms in total. The fraction of sp³-hybridized carbons (Fsp3) is 0.316. The van der Waals surface area contributed by atoms with E-state index in [0.29, 0.717) is 6.61 Å². The number of hydrogen-bond acceptors (Lipinski definition) is 2. The van der Waals surface area contributed by atoms with Gasteiger partial charge in [-0.1, -0.05) is 42.0 Å². The van der Waals surface area contributed by atoms with Gasteiger partial charge in [-0.15, -0.1) is 0 Å². The molecule has 5 heteroatoms. The largest absolute Gasteiger partial charge is 0.488 e. The zero-order valence-corrected chi connectivity index (χ0v) is 16.5. The molecule has 24 heavy (non-hydrogen) atoms. The van der Waals surface area contributed by atoms with Gasteiger partial charge in [-0.05, 0) is 59.5 Å². The van der Waals surface area contributed by atoms with E-state index in [9.17, 15) is 0 Å². The molecule has 1 aliphatic rings. The third-order valence-corrected chi connectivity index (χ3v) is 5.65. The lowest BCUT2D eigenvalue weighted by molar-refractivity contribution is 0.304. The van der Waals surface area contributed by atoms with Crippen LogP contribution in [0.15, 0.2) is 46.9 Å². The summed E-state index contributed by atoms with van der Waals surface area (Å²) in [5, 5.41) is 0.719. The summed E-state index contributed by atoms with van der Waals surface area (Å²) < 4.78 is 6.80. The standard InChI is InChI=1S/C19H19BrClNOS/c20-16-12-14(19(24)22-10-4-1-5-11-22)8-9-18(16)23-13-15-6-2-3-7-17(15)21/h2-3,6-9,12H,1,4-5,10-11,13H2. The fourth-order valence-corrected chi connectivity index (χ4v) is 3.79. The molecule has 2 aromatic carbocycles. The molecule has 1 aliphatic heterocycles. The number of piperidine rings is 1. The molecule has 1 fully saturated rings. The van der Waals surface area contributed by atoms with Gasteiger partial charge in [0.15, 0.2) is 0 Å². The predicted molar refractivity (Wildman–Crippen MR) is 107 cm³/mol. The summed E-state index contributed by atoms with van der Waals surface area (Å²) in [5.41, 5.74) is 2.03. The number of benzene rings is 2. The molecule has 0 aromatic heterocycles. The molecule has 126 valence electrons. The third-order valence-electron chi connectivity index (χ3n) is 4.16. The van der Waals surface area contributed by atoms with Crippen LogP contribution >= 0.6 is 39.7 Å². The molecule has 0 atom stereocenters. The zero-order valence-electron chi connectivity index (χ0n) is 13.3. The minimum absolute atomic E-state index is 0.439. The summed E-state index contributed by atoms with van der Waals surface area (Å²) in [6, 6.07) is 13.7. The molecule has 1 heterocycles. The van der Waals surface area contributed by atoms with Crippen molar-refractivity contribution >= 4 is 44.7 Å². The average molecular weight is 425 g/mol. The molecule has 0 aliphatic carbocycles. The van der Waals surface area contributed by atoms with E-state index in [-0.39, 0.29) is 0 Å². The van der Waals surface area contributed by atoms with E-state index in [1.165, 1.54) is 19.3 Å². The Bertz CT molecular complexity index is 731. The van der Waals surface area contributed by atoms with Gasteiger partial charge in [0.25, 0.3) is 0 Å². The minimum Gasteiger partial charge on any atom is -0.488 e. The highest BCUT2D eigenvalue weighted by Crippen LogP contribution is 2.29. The van der Waals surface area contributed by atoms with Crippen molar-refractivity contribution in [1.82, 2.24) is 4.90 Å². The SMILES string of the molecule is S=C(c1ccc(OCc2ccccc2Cl)c(Br)c1)N1CCCCC1. The van der Waals surface area contributed by atoms with Crippen molar-refractivity contribution < 1.29 is 4.74 Å². The Labute approximate surface area is 161 Å².